The molecule has 0 N–H and O–H groups in total. The summed E-state index contributed by atoms with van der Waals surface area (Å²) in [5.41, 5.74) is 18.1. The first-order valence-corrected chi connectivity index (χ1v) is 22.5. The highest BCUT2D eigenvalue weighted by Crippen LogP contribution is 2.54. The van der Waals surface area contributed by atoms with Crippen LogP contribution in [0.15, 0.2) is 182 Å². The summed E-state index contributed by atoms with van der Waals surface area (Å²) in [4.78, 5) is 15.6. The fourth-order valence-corrected chi connectivity index (χ4v) is 11.7. The van der Waals surface area contributed by atoms with E-state index in [1.165, 1.54) is 87.4 Å². The normalized spacial score (nSPS) is 13.0. The number of nitrogens with zero attached hydrogens (tertiary/aromatic N) is 4. The molecule has 2 aromatic heterocycles. The van der Waals surface area contributed by atoms with E-state index in [2.05, 4.69) is 172 Å². The highest BCUT2D eigenvalue weighted by molar-refractivity contribution is 7.26. The van der Waals surface area contributed by atoms with Crippen LogP contribution in [0, 0.1) is 11.3 Å². The molecule has 11 aromatic rings. The van der Waals surface area contributed by atoms with E-state index >= 15 is 0 Å². The van der Waals surface area contributed by atoms with Crippen LogP contribution in [0.25, 0.3) is 121 Å². The zero-order valence-electron chi connectivity index (χ0n) is 35.0. The van der Waals surface area contributed by atoms with Crippen molar-refractivity contribution in [2.24, 2.45) is 0 Å². The average Bonchev–Trinajstić information content (AvgIpc) is 3.97. The van der Waals surface area contributed by atoms with Crippen LogP contribution >= 0.6 is 11.3 Å². The molecule has 0 fully saturated rings. The molecule has 0 spiro atoms. The second kappa shape index (κ2) is 13.7. The van der Waals surface area contributed by atoms with E-state index in [1.807, 2.05) is 30.3 Å². The van der Waals surface area contributed by atoms with Gasteiger partial charge in [-0.15, -0.1) is 11.3 Å². The number of hydrogen-bond acceptors (Lipinski definition) is 5. The van der Waals surface area contributed by atoms with Crippen LogP contribution < -0.4 is 0 Å². The molecule has 0 atom stereocenters. The molecule has 0 unspecified atom stereocenters. The Morgan fingerprint density at radius 2 is 0.938 bits per heavy atom. The molecule has 0 amide bonds. The molecule has 0 saturated carbocycles. The van der Waals surface area contributed by atoms with E-state index in [4.69, 9.17) is 15.0 Å². The van der Waals surface area contributed by atoms with Crippen LogP contribution in [0.1, 0.15) is 30.5 Å². The standard InChI is InChI=1S/C59H36N4S/c1-59(2)48-19-9-8-16-45(48)52-47(18-10-20-49(52)59)58-62-56(36-12-4-3-5-13-36)61-57(63-58)37-25-23-35(24-26-37)38-28-29-42-39-14-6-7-15-40(39)43-30-31-44(54(38)55(42)43)41-17-11-21-50-53(41)46-27-22-34(33-60)32-51(46)64-50/h3-32H,1-2H3. The fourth-order valence-electron chi connectivity index (χ4n) is 10.6. The SMILES string of the molecule is CC1(C)c2ccccc2-c2c(-c3nc(-c4ccccc4)nc(-c4ccc(-c5ccc6c7c(ccc(-c8cccc9sc%10cc(C#N)ccc%10c89)c57)-c5ccccc5-6)cc4)n3)cccc21. The molecule has 5 heteroatoms. The molecule has 0 bridgehead atoms. The van der Waals surface area contributed by atoms with E-state index in [0.29, 0.717) is 23.0 Å². The Kier molecular flexibility index (Phi) is 7.85. The van der Waals surface area contributed by atoms with E-state index in [1.54, 1.807) is 11.3 Å². The Morgan fingerprint density at radius 3 is 1.67 bits per heavy atom. The molecular formula is C59H36N4S. The summed E-state index contributed by atoms with van der Waals surface area (Å²) in [7, 11) is 0. The summed E-state index contributed by atoms with van der Waals surface area (Å²) in [6.07, 6.45) is 0. The van der Waals surface area contributed by atoms with Crippen molar-refractivity contribution >= 4 is 42.3 Å². The summed E-state index contributed by atoms with van der Waals surface area (Å²) in [6, 6.07) is 67.3. The molecular weight excluding hydrogens is 797 g/mol. The van der Waals surface area contributed by atoms with Gasteiger partial charge in [-0.25, -0.2) is 15.0 Å². The number of aromatic nitrogens is 3. The second-order valence-corrected chi connectivity index (χ2v) is 18.5. The lowest BCUT2D eigenvalue weighted by Gasteiger charge is -2.21. The minimum atomic E-state index is -0.146. The predicted octanol–water partition coefficient (Wildman–Crippen LogP) is 15.6. The summed E-state index contributed by atoms with van der Waals surface area (Å²) in [6.45, 7) is 4.61. The molecule has 0 radical (unpaired) electrons. The lowest BCUT2D eigenvalue weighted by molar-refractivity contribution is 0.660. The van der Waals surface area contributed by atoms with Crippen molar-refractivity contribution in [2.75, 3.05) is 0 Å². The molecule has 13 rings (SSSR count). The number of thiophene rings is 1. The largest absolute Gasteiger partial charge is 0.208 e. The van der Waals surface area contributed by atoms with Gasteiger partial charge in [-0.1, -0.05) is 178 Å². The van der Waals surface area contributed by atoms with Crippen molar-refractivity contribution in [3.63, 3.8) is 0 Å². The summed E-state index contributed by atoms with van der Waals surface area (Å²) in [5.74, 6) is 1.93. The van der Waals surface area contributed by atoms with Crippen molar-refractivity contribution in [3.05, 3.63) is 199 Å². The maximum Gasteiger partial charge on any atom is 0.164 e. The average molecular weight is 833 g/mol. The van der Waals surface area contributed by atoms with Gasteiger partial charge in [0, 0.05) is 42.3 Å². The third-order valence-electron chi connectivity index (χ3n) is 13.6. The van der Waals surface area contributed by atoms with Crippen LogP contribution in [-0.4, -0.2) is 15.0 Å². The maximum absolute atomic E-state index is 9.72. The number of nitriles is 1. The predicted molar refractivity (Wildman–Crippen MR) is 264 cm³/mol. The van der Waals surface area contributed by atoms with E-state index in [-0.39, 0.29) is 5.41 Å². The topological polar surface area (TPSA) is 62.5 Å². The van der Waals surface area contributed by atoms with Crippen molar-refractivity contribution in [3.8, 4) is 95.9 Å². The second-order valence-electron chi connectivity index (χ2n) is 17.4. The van der Waals surface area contributed by atoms with Crippen LogP contribution in [0.4, 0.5) is 0 Å². The third kappa shape index (κ3) is 5.30. The number of fused-ring (bicyclic) bond motifs is 9. The Morgan fingerprint density at radius 1 is 0.406 bits per heavy atom. The highest BCUT2D eigenvalue weighted by Gasteiger charge is 2.37. The Bertz CT molecular complexity index is 3790. The first-order chi connectivity index (χ1) is 31.4. The molecule has 2 heterocycles. The lowest BCUT2D eigenvalue weighted by atomic mass is 9.82. The Balaban J connectivity index is 0.997. The van der Waals surface area contributed by atoms with Crippen molar-refractivity contribution in [1.29, 1.82) is 5.26 Å². The monoisotopic (exact) mass is 832 g/mol. The van der Waals surface area contributed by atoms with Crippen LogP contribution in [0.2, 0.25) is 0 Å². The van der Waals surface area contributed by atoms with Crippen LogP contribution in [-0.2, 0) is 5.41 Å². The van der Waals surface area contributed by atoms with E-state index in [0.717, 1.165) is 27.0 Å². The van der Waals surface area contributed by atoms with Gasteiger partial charge in [0.1, 0.15) is 0 Å². The number of hydrogen-bond donors (Lipinski definition) is 0. The van der Waals surface area contributed by atoms with E-state index in [9.17, 15) is 5.26 Å². The van der Waals surface area contributed by atoms with E-state index < -0.39 is 0 Å². The van der Waals surface area contributed by atoms with Gasteiger partial charge in [-0.3, -0.25) is 0 Å². The van der Waals surface area contributed by atoms with Gasteiger partial charge in [0.15, 0.2) is 17.5 Å². The van der Waals surface area contributed by atoms with Gasteiger partial charge in [-0.2, -0.15) is 5.26 Å². The summed E-state index contributed by atoms with van der Waals surface area (Å²) >= 11 is 1.75. The summed E-state index contributed by atoms with van der Waals surface area (Å²) in [5, 5.41) is 14.6. The molecule has 4 nitrogen and oxygen atoms in total. The van der Waals surface area contributed by atoms with Crippen molar-refractivity contribution < 1.29 is 0 Å². The zero-order valence-corrected chi connectivity index (χ0v) is 35.8. The quantitative estimate of drug-likeness (QED) is 0.173. The molecule has 298 valence electrons. The Hall–Kier alpha value is -8.04. The number of benzene rings is 9. The van der Waals surface area contributed by atoms with Gasteiger partial charge in [0.2, 0.25) is 0 Å². The Labute approximate surface area is 374 Å². The van der Waals surface area contributed by atoms with Crippen molar-refractivity contribution in [2.45, 2.75) is 19.3 Å². The van der Waals surface area contributed by atoms with Gasteiger partial charge in [0.25, 0.3) is 0 Å². The molecule has 9 aromatic carbocycles. The van der Waals surface area contributed by atoms with Gasteiger partial charge < -0.3 is 0 Å². The number of rotatable bonds is 5. The molecule has 64 heavy (non-hydrogen) atoms. The minimum absolute atomic E-state index is 0.146. The molecule has 0 saturated heterocycles. The first kappa shape index (κ1) is 36.6. The zero-order chi connectivity index (χ0) is 42.7. The third-order valence-corrected chi connectivity index (χ3v) is 14.7. The fraction of sp³-hybridized carbons (Fsp3) is 0.0508. The summed E-state index contributed by atoms with van der Waals surface area (Å²) < 4.78 is 2.33. The molecule has 0 aliphatic heterocycles. The first-order valence-electron chi connectivity index (χ1n) is 21.7. The van der Waals surface area contributed by atoms with Gasteiger partial charge >= 0.3 is 0 Å². The van der Waals surface area contributed by atoms with Gasteiger partial charge in [-0.05, 0) is 95.7 Å². The van der Waals surface area contributed by atoms with Crippen LogP contribution in [0.3, 0.4) is 0 Å². The minimum Gasteiger partial charge on any atom is -0.208 e. The molecule has 2 aliphatic rings. The molecule has 2 aliphatic carbocycles. The highest BCUT2D eigenvalue weighted by atomic mass is 32.1. The van der Waals surface area contributed by atoms with Gasteiger partial charge in [0.05, 0.1) is 11.6 Å². The van der Waals surface area contributed by atoms with Crippen molar-refractivity contribution in [1.82, 2.24) is 15.0 Å². The maximum atomic E-state index is 9.72. The van der Waals surface area contributed by atoms with Crippen LogP contribution in [0.5, 0.6) is 0 Å². The lowest BCUT2D eigenvalue weighted by Crippen LogP contribution is -2.14. The smallest absolute Gasteiger partial charge is 0.164 e.